The lowest BCUT2D eigenvalue weighted by Crippen LogP contribution is -2.13. The average Bonchev–Trinajstić information content (AvgIpc) is 2.32. The van der Waals surface area contributed by atoms with E-state index >= 15 is 0 Å². The summed E-state index contributed by atoms with van der Waals surface area (Å²) in [6, 6.07) is 8.04. The molecule has 0 fully saturated rings. The molecule has 2 rings (SSSR count). The molecule has 0 aliphatic heterocycles. The van der Waals surface area contributed by atoms with E-state index in [4.69, 9.17) is 11.6 Å². The van der Waals surface area contributed by atoms with Gasteiger partial charge in [0.25, 0.3) is 0 Å². The molecule has 20 heavy (non-hydrogen) atoms. The minimum atomic E-state index is 0.290. The van der Waals surface area contributed by atoms with E-state index in [2.05, 4.69) is 34.4 Å². The van der Waals surface area contributed by atoms with Crippen molar-refractivity contribution in [2.45, 2.75) is 33.7 Å². The highest BCUT2D eigenvalue weighted by Gasteiger charge is 2.05. The van der Waals surface area contributed by atoms with Crippen molar-refractivity contribution in [3.05, 3.63) is 40.5 Å². The zero-order valence-corrected chi connectivity index (χ0v) is 12.9. The van der Waals surface area contributed by atoms with Gasteiger partial charge in [-0.15, -0.1) is 0 Å². The molecule has 0 saturated heterocycles. The Labute approximate surface area is 124 Å². The van der Waals surface area contributed by atoms with Crippen molar-refractivity contribution >= 4 is 29.1 Å². The largest absolute Gasteiger partial charge is 0.352 e. The number of hydrogen-bond acceptors (Lipinski definition) is 4. The molecule has 0 saturated carbocycles. The number of hydrogen-bond donors (Lipinski definition) is 2. The van der Waals surface area contributed by atoms with E-state index in [0.717, 1.165) is 27.8 Å². The Morgan fingerprint density at radius 2 is 1.85 bits per heavy atom. The van der Waals surface area contributed by atoms with Crippen molar-refractivity contribution in [3.63, 3.8) is 0 Å². The molecule has 0 aliphatic rings. The van der Waals surface area contributed by atoms with Gasteiger partial charge in [-0.1, -0.05) is 17.7 Å². The quantitative estimate of drug-likeness (QED) is 0.881. The van der Waals surface area contributed by atoms with Crippen molar-refractivity contribution in [3.8, 4) is 0 Å². The molecule has 0 radical (unpaired) electrons. The fourth-order valence-corrected chi connectivity index (χ4v) is 1.95. The Bertz CT molecular complexity index is 611. The Kier molecular flexibility index (Phi) is 4.45. The Balaban J connectivity index is 2.24. The number of halogens is 1. The number of benzene rings is 1. The summed E-state index contributed by atoms with van der Waals surface area (Å²) in [5.74, 6) is 1.38. The maximum atomic E-state index is 6.13. The van der Waals surface area contributed by atoms with Crippen LogP contribution in [0.15, 0.2) is 24.3 Å². The first-order chi connectivity index (χ1) is 9.44. The van der Waals surface area contributed by atoms with E-state index in [-0.39, 0.29) is 0 Å². The van der Waals surface area contributed by atoms with Gasteiger partial charge in [-0.05, 0) is 45.4 Å². The van der Waals surface area contributed by atoms with Crippen LogP contribution in [0, 0.1) is 13.8 Å². The van der Waals surface area contributed by atoms with Gasteiger partial charge in [0.2, 0.25) is 5.95 Å². The third-order valence-electron chi connectivity index (χ3n) is 2.72. The van der Waals surface area contributed by atoms with Crippen molar-refractivity contribution < 1.29 is 0 Å². The Hall–Kier alpha value is -1.81. The lowest BCUT2D eigenvalue weighted by molar-refractivity contribution is 0.871. The van der Waals surface area contributed by atoms with Gasteiger partial charge < -0.3 is 10.6 Å². The highest BCUT2D eigenvalue weighted by molar-refractivity contribution is 6.31. The normalized spacial score (nSPS) is 10.7. The highest BCUT2D eigenvalue weighted by Crippen LogP contribution is 2.23. The number of aromatic nitrogens is 2. The van der Waals surface area contributed by atoms with Crippen LogP contribution >= 0.6 is 11.6 Å². The summed E-state index contributed by atoms with van der Waals surface area (Å²) in [4.78, 5) is 8.80. The standard InChI is InChI=1S/C15H19ClN4/c1-9(2)17-15-18-11(4)7-14(20-15)19-12-6-5-10(3)13(16)8-12/h5-9H,1-4H3,(H2,17,18,19,20). The number of nitrogens with zero attached hydrogens (tertiary/aromatic N) is 2. The fraction of sp³-hybridized carbons (Fsp3) is 0.333. The van der Waals surface area contributed by atoms with E-state index in [1.807, 2.05) is 38.1 Å². The smallest absolute Gasteiger partial charge is 0.225 e. The molecule has 2 N–H and O–H groups in total. The first-order valence-corrected chi connectivity index (χ1v) is 6.97. The van der Waals surface area contributed by atoms with Gasteiger partial charge in [0.15, 0.2) is 0 Å². The minimum absolute atomic E-state index is 0.290. The van der Waals surface area contributed by atoms with Crippen molar-refractivity contribution in [2.75, 3.05) is 10.6 Å². The zero-order valence-electron chi connectivity index (χ0n) is 12.2. The summed E-state index contributed by atoms with van der Waals surface area (Å²) in [7, 11) is 0. The molecule has 1 aromatic carbocycles. The maximum Gasteiger partial charge on any atom is 0.225 e. The molecule has 0 aliphatic carbocycles. The SMILES string of the molecule is Cc1cc(Nc2ccc(C)c(Cl)c2)nc(NC(C)C)n1. The van der Waals surface area contributed by atoms with E-state index in [0.29, 0.717) is 12.0 Å². The van der Waals surface area contributed by atoms with E-state index < -0.39 is 0 Å². The Morgan fingerprint density at radius 1 is 1.10 bits per heavy atom. The molecule has 0 bridgehead atoms. The molecule has 4 nitrogen and oxygen atoms in total. The molecule has 1 aromatic heterocycles. The third kappa shape index (κ3) is 3.84. The summed E-state index contributed by atoms with van der Waals surface area (Å²) >= 11 is 6.13. The van der Waals surface area contributed by atoms with Crippen LogP contribution in [-0.2, 0) is 0 Å². The van der Waals surface area contributed by atoms with Gasteiger partial charge in [-0.2, -0.15) is 4.98 Å². The first-order valence-electron chi connectivity index (χ1n) is 6.59. The minimum Gasteiger partial charge on any atom is -0.352 e. The molecular weight excluding hydrogens is 272 g/mol. The van der Waals surface area contributed by atoms with Gasteiger partial charge in [0.05, 0.1) is 0 Å². The lowest BCUT2D eigenvalue weighted by Gasteiger charge is -2.12. The van der Waals surface area contributed by atoms with Crippen molar-refractivity contribution in [2.24, 2.45) is 0 Å². The fourth-order valence-electron chi connectivity index (χ4n) is 1.77. The highest BCUT2D eigenvalue weighted by atomic mass is 35.5. The van der Waals surface area contributed by atoms with Crippen molar-refractivity contribution in [1.29, 1.82) is 0 Å². The number of aryl methyl sites for hydroxylation is 2. The van der Waals surface area contributed by atoms with Gasteiger partial charge in [-0.3, -0.25) is 0 Å². The Morgan fingerprint density at radius 3 is 2.50 bits per heavy atom. The summed E-state index contributed by atoms with van der Waals surface area (Å²) in [6.07, 6.45) is 0. The van der Waals surface area contributed by atoms with Crippen LogP contribution in [0.4, 0.5) is 17.5 Å². The van der Waals surface area contributed by atoms with Crippen LogP contribution in [-0.4, -0.2) is 16.0 Å². The molecule has 2 aromatic rings. The predicted molar refractivity (Wildman–Crippen MR) is 85.0 cm³/mol. The van der Waals surface area contributed by atoms with E-state index in [1.165, 1.54) is 0 Å². The van der Waals surface area contributed by atoms with Crippen LogP contribution in [0.2, 0.25) is 5.02 Å². The predicted octanol–water partition coefficient (Wildman–Crippen LogP) is 4.31. The number of nitrogens with one attached hydrogen (secondary N) is 2. The molecule has 0 atom stereocenters. The topological polar surface area (TPSA) is 49.8 Å². The molecule has 106 valence electrons. The van der Waals surface area contributed by atoms with Gasteiger partial charge in [-0.25, -0.2) is 4.98 Å². The lowest BCUT2D eigenvalue weighted by atomic mass is 10.2. The molecular formula is C15H19ClN4. The number of anilines is 3. The van der Waals surface area contributed by atoms with Crippen LogP contribution in [0.3, 0.4) is 0 Å². The monoisotopic (exact) mass is 290 g/mol. The summed E-state index contributed by atoms with van der Waals surface area (Å²) in [5, 5.41) is 7.19. The van der Waals surface area contributed by atoms with Crippen LogP contribution < -0.4 is 10.6 Å². The molecule has 0 amide bonds. The molecule has 0 unspecified atom stereocenters. The molecule has 1 heterocycles. The van der Waals surface area contributed by atoms with Gasteiger partial charge in [0, 0.05) is 28.5 Å². The van der Waals surface area contributed by atoms with Gasteiger partial charge in [0.1, 0.15) is 5.82 Å². The summed E-state index contributed by atoms with van der Waals surface area (Å²) in [5.41, 5.74) is 2.87. The van der Waals surface area contributed by atoms with Gasteiger partial charge >= 0.3 is 0 Å². The summed E-state index contributed by atoms with van der Waals surface area (Å²) in [6.45, 7) is 8.03. The zero-order chi connectivity index (χ0) is 14.7. The second kappa shape index (κ2) is 6.09. The van der Waals surface area contributed by atoms with Crippen LogP contribution in [0.5, 0.6) is 0 Å². The van der Waals surface area contributed by atoms with E-state index in [1.54, 1.807) is 0 Å². The number of rotatable bonds is 4. The maximum absolute atomic E-state index is 6.13. The second-order valence-corrected chi connectivity index (χ2v) is 5.51. The second-order valence-electron chi connectivity index (χ2n) is 5.11. The molecule has 5 heteroatoms. The summed E-state index contributed by atoms with van der Waals surface area (Å²) < 4.78 is 0. The van der Waals surface area contributed by atoms with E-state index in [9.17, 15) is 0 Å². The van der Waals surface area contributed by atoms with Crippen molar-refractivity contribution in [1.82, 2.24) is 9.97 Å². The average molecular weight is 291 g/mol. The first kappa shape index (κ1) is 14.6. The third-order valence-corrected chi connectivity index (χ3v) is 3.12. The molecule has 0 spiro atoms. The van der Waals surface area contributed by atoms with Crippen LogP contribution in [0.25, 0.3) is 0 Å². The van der Waals surface area contributed by atoms with Crippen LogP contribution in [0.1, 0.15) is 25.1 Å².